The number of rotatable bonds is 5. The molecule has 1 N–H and O–H groups in total. The van der Waals surface area contributed by atoms with E-state index in [1.165, 1.54) is 24.0 Å². The summed E-state index contributed by atoms with van der Waals surface area (Å²) in [7, 11) is -4.03. The number of benzene rings is 1. The molecule has 1 amide bonds. The van der Waals surface area contributed by atoms with E-state index in [1.54, 1.807) is 0 Å². The number of aryl methyl sites for hydroxylation is 1. The lowest BCUT2D eigenvalue weighted by Gasteiger charge is -2.18. The second-order valence-corrected chi connectivity index (χ2v) is 7.44. The number of carbonyl (C=O) groups excluding carboxylic acids is 1. The van der Waals surface area contributed by atoms with Gasteiger partial charge in [-0.3, -0.25) is 4.79 Å². The van der Waals surface area contributed by atoms with Gasteiger partial charge in [-0.1, -0.05) is 11.2 Å². The fourth-order valence-corrected chi connectivity index (χ4v) is 4.00. The van der Waals surface area contributed by atoms with Crippen molar-refractivity contribution in [3.63, 3.8) is 0 Å². The van der Waals surface area contributed by atoms with Crippen molar-refractivity contribution in [3.8, 4) is 5.75 Å². The molecule has 12 heteroatoms. The van der Waals surface area contributed by atoms with Crippen molar-refractivity contribution in [2.24, 2.45) is 0 Å². The smallest absolute Gasteiger partial charge is 0.406 e. The molecule has 1 saturated heterocycles. The van der Waals surface area contributed by atoms with Gasteiger partial charge >= 0.3 is 6.36 Å². The maximum atomic E-state index is 12.5. The monoisotopic (exact) mass is 405 g/mol. The molecule has 1 aliphatic rings. The van der Waals surface area contributed by atoms with Gasteiger partial charge < -0.3 is 14.2 Å². The Bertz CT molecular complexity index is 958. The van der Waals surface area contributed by atoms with E-state index in [-0.39, 0.29) is 29.2 Å². The molecule has 1 unspecified atom stereocenters. The van der Waals surface area contributed by atoms with Gasteiger partial charge in [0, 0.05) is 18.3 Å². The number of ether oxygens (including phenoxy) is 1. The van der Waals surface area contributed by atoms with Gasteiger partial charge in [0.2, 0.25) is 15.9 Å². The van der Waals surface area contributed by atoms with Gasteiger partial charge in [-0.15, -0.1) is 13.2 Å². The zero-order valence-corrected chi connectivity index (χ0v) is 14.7. The summed E-state index contributed by atoms with van der Waals surface area (Å²) >= 11 is 0. The summed E-state index contributed by atoms with van der Waals surface area (Å²) in [6.07, 6.45) is -3.76. The molecule has 1 fully saturated rings. The van der Waals surface area contributed by atoms with Crippen LogP contribution in [0.5, 0.6) is 5.75 Å². The molecule has 1 atom stereocenters. The van der Waals surface area contributed by atoms with E-state index in [9.17, 15) is 26.4 Å². The zero-order valence-electron chi connectivity index (χ0n) is 13.9. The van der Waals surface area contributed by atoms with Crippen LogP contribution < -0.4 is 14.4 Å². The number of halogens is 3. The van der Waals surface area contributed by atoms with Crippen molar-refractivity contribution in [1.29, 1.82) is 0 Å². The molecule has 0 saturated carbocycles. The number of carbonyl (C=O) groups is 1. The maximum absolute atomic E-state index is 12.5. The Labute approximate surface area is 151 Å². The minimum Gasteiger partial charge on any atom is -0.406 e. The van der Waals surface area contributed by atoms with Crippen LogP contribution in [0.1, 0.15) is 12.1 Å². The SMILES string of the molecule is Cc1nocc1S(=O)(=O)NC1CCN(c2cccc(OC(F)(F)F)c2)C1=O. The average molecular weight is 405 g/mol. The van der Waals surface area contributed by atoms with Crippen molar-refractivity contribution >= 4 is 21.6 Å². The van der Waals surface area contributed by atoms with Crippen molar-refractivity contribution in [2.75, 3.05) is 11.4 Å². The maximum Gasteiger partial charge on any atom is 0.573 e. The van der Waals surface area contributed by atoms with Crippen LogP contribution in [-0.4, -0.2) is 38.4 Å². The van der Waals surface area contributed by atoms with E-state index in [1.807, 2.05) is 0 Å². The van der Waals surface area contributed by atoms with Crippen LogP contribution in [-0.2, 0) is 14.8 Å². The molecule has 2 heterocycles. The van der Waals surface area contributed by atoms with Crippen LogP contribution in [0.3, 0.4) is 0 Å². The third-order valence-corrected chi connectivity index (χ3v) is 5.43. The van der Waals surface area contributed by atoms with Gasteiger partial charge in [-0.25, -0.2) is 8.42 Å². The van der Waals surface area contributed by atoms with Gasteiger partial charge in [0.15, 0.2) is 0 Å². The standard InChI is InChI=1S/C15H14F3N3O5S/c1-9-13(8-25-19-9)27(23,24)20-12-5-6-21(14(12)22)10-3-2-4-11(7-10)26-15(16,17)18/h2-4,7-8,12,20H,5-6H2,1H3. The highest BCUT2D eigenvalue weighted by Crippen LogP contribution is 2.29. The molecule has 3 rings (SSSR count). The Balaban J connectivity index is 1.76. The first-order chi connectivity index (χ1) is 12.6. The normalized spacial score (nSPS) is 18.1. The molecule has 0 spiro atoms. The Hall–Kier alpha value is -2.60. The van der Waals surface area contributed by atoms with Gasteiger partial charge in [-0.05, 0) is 25.5 Å². The highest BCUT2D eigenvalue weighted by molar-refractivity contribution is 7.89. The van der Waals surface area contributed by atoms with Gasteiger partial charge in [0.25, 0.3) is 0 Å². The molecule has 146 valence electrons. The zero-order chi connectivity index (χ0) is 19.8. The minimum atomic E-state index is -4.86. The molecule has 1 aromatic carbocycles. The number of alkyl halides is 3. The topological polar surface area (TPSA) is 102 Å². The predicted molar refractivity (Wildman–Crippen MR) is 85.4 cm³/mol. The summed E-state index contributed by atoms with van der Waals surface area (Å²) in [5, 5.41) is 3.48. The lowest BCUT2D eigenvalue weighted by molar-refractivity contribution is -0.274. The van der Waals surface area contributed by atoms with Crippen molar-refractivity contribution in [1.82, 2.24) is 9.88 Å². The number of nitrogens with zero attached hydrogens (tertiary/aromatic N) is 2. The first-order valence-electron chi connectivity index (χ1n) is 7.67. The van der Waals surface area contributed by atoms with Crippen LogP contribution in [0.2, 0.25) is 0 Å². The Kier molecular flexibility index (Phi) is 4.86. The summed E-state index contributed by atoms with van der Waals surface area (Å²) in [6, 6.07) is 3.85. The molecule has 0 bridgehead atoms. The highest BCUT2D eigenvalue weighted by atomic mass is 32.2. The molecule has 0 radical (unpaired) electrons. The fourth-order valence-electron chi connectivity index (χ4n) is 2.69. The largest absolute Gasteiger partial charge is 0.573 e. The highest BCUT2D eigenvalue weighted by Gasteiger charge is 2.37. The van der Waals surface area contributed by atoms with Crippen molar-refractivity contribution in [2.45, 2.75) is 30.6 Å². The number of anilines is 1. The predicted octanol–water partition coefficient (Wildman–Crippen LogP) is 1.97. The summed E-state index contributed by atoms with van der Waals surface area (Å²) in [5.41, 5.74) is 0.311. The van der Waals surface area contributed by atoms with Gasteiger partial charge in [0.1, 0.15) is 28.6 Å². The quantitative estimate of drug-likeness (QED) is 0.816. The van der Waals surface area contributed by atoms with Crippen LogP contribution in [0.25, 0.3) is 0 Å². The van der Waals surface area contributed by atoms with Gasteiger partial charge in [0.05, 0.1) is 0 Å². The average Bonchev–Trinajstić information content (AvgIpc) is 3.13. The first-order valence-corrected chi connectivity index (χ1v) is 9.16. The van der Waals surface area contributed by atoms with Crippen LogP contribution in [0, 0.1) is 6.92 Å². The number of hydrogen-bond acceptors (Lipinski definition) is 6. The molecule has 1 aromatic heterocycles. The number of amides is 1. The third-order valence-electron chi connectivity index (χ3n) is 3.86. The third kappa shape index (κ3) is 4.22. The fraction of sp³-hybridized carbons (Fsp3) is 0.333. The van der Waals surface area contributed by atoms with E-state index in [0.29, 0.717) is 0 Å². The van der Waals surface area contributed by atoms with Crippen molar-refractivity contribution in [3.05, 3.63) is 36.2 Å². The number of hydrogen-bond donors (Lipinski definition) is 1. The van der Waals surface area contributed by atoms with Crippen LogP contribution >= 0.6 is 0 Å². The van der Waals surface area contributed by atoms with Gasteiger partial charge in [-0.2, -0.15) is 4.72 Å². The Morgan fingerprint density at radius 1 is 1.37 bits per heavy atom. The number of aromatic nitrogens is 1. The number of sulfonamides is 1. The minimum absolute atomic E-state index is 0.129. The molecular formula is C15H14F3N3O5S. The van der Waals surface area contributed by atoms with Crippen LogP contribution in [0.15, 0.2) is 39.9 Å². The summed E-state index contributed by atoms with van der Waals surface area (Å²) in [4.78, 5) is 13.5. The second-order valence-electron chi connectivity index (χ2n) is 5.76. The lowest BCUT2D eigenvalue weighted by atomic mass is 10.2. The van der Waals surface area contributed by atoms with Crippen LogP contribution in [0.4, 0.5) is 18.9 Å². The van der Waals surface area contributed by atoms with E-state index in [2.05, 4.69) is 19.1 Å². The summed E-state index contributed by atoms with van der Waals surface area (Å²) < 4.78 is 72.4. The van der Waals surface area contributed by atoms with E-state index in [4.69, 9.17) is 0 Å². The molecule has 27 heavy (non-hydrogen) atoms. The second kappa shape index (κ2) is 6.85. The Morgan fingerprint density at radius 3 is 2.74 bits per heavy atom. The number of nitrogens with one attached hydrogen (secondary N) is 1. The van der Waals surface area contributed by atoms with E-state index >= 15 is 0 Å². The lowest BCUT2D eigenvalue weighted by Crippen LogP contribution is -2.41. The molecule has 2 aromatic rings. The molecule has 8 nitrogen and oxygen atoms in total. The first kappa shape index (κ1) is 19.2. The van der Waals surface area contributed by atoms with E-state index in [0.717, 1.165) is 18.4 Å². The summed E-state index contributed by atoms with van der Waals surface area (Å²) in [6.45, 7) is 1.57. The summed E-state index contributed by atoms with van der Waals surface area (Å²) in [5.74, 6) is -1.06. The van der Waals surface area contributed by atoms with E-state index < -0.39 is 34.1 Å². The van der Waals surface area contributed by atoms with Crippen molar-refractivity contribution < 1.29 is 35.6 Å². The Morgan fingerprint density at radius 2 is 2.11 bits per heavy atom. The molecule has 0 aliphatic carbocycles. The molecular weight excluding hydrogens is 391 g/mol. The molecule has 1 aliphatic heterocycles.